The predicted molar refractivity (Wildman–Crippen MR) is 58.1 cm³/mol. The molecule has 0 amide bonds. The fourth-order valence-corrected chi connectivity index (χ4v) is 2.28. The molecule has 0 atom stereocenters. The van der Waals surface area contributed by atoms with Crippen molar-refractivity contribution >= 4 is 16.0 Å². The Morgan fingerprint density at radius 3 is 2.40 bits per heavy atom. The maximum absolute atomic E-state index is 11.5. The lowest BCUT2D eigenvalue weighted by Gasteiger charge is -2.16. The molecule has 0 rings (SSSR count). The van der Waals surface area contributed by atoms with Crippen molar-refractivity contribution in [3.05, 3.63) is 12.2 Å². The van der Waals surface area contributed by atoms with Crippen LogP contribution >= 0.6 is 0 Å². The standard InChI is InChI=1S/C9H17NO4S/c1-8(2)7-10(3)15(13,14)6-4-5-9(11)12/h1,4-7H2,2-3H3,(H,11,12). The first kappa shape index (κ1) is 14.1. The Morgan fingerprint density at radius 2 is 2.00 bits per heavy atom. The second kappa shape index (κ2) is 5.87. The van der Waals surface area contributed by atoms with Gasteiger partial charge in [-0.2, -0.15) is 0 Å². The fourth-order valence-electron chi connectivity index (χ4n) is 1.04. The smallest absolute Gasteiger partial charge is 0.303 e. The minimum absolute atomic E-state index is 0.125. The van der Waals surface area contributed by atoms with Gasteiger partial charge in [-0.05, 0) is 13.3 Å². The van der Waals surface area contributed by atoms with Gasteiger partial charge in [0.1, 0.15) is 0 Å². The second-order valence-electron chi connectivity index (χ2n) is 3.53. The zero-order chi connectivity index (χ0) is 12.1. The Bertz CT molecular complexity index is 334. The number of likely N-dealkylation sites (N-methyl/N-ethyl adjacent to an activating group) is 1. The van der Waals surface area contributed by atoms with Crippen LogP contribution < -0.4 is 0 Å². The minimum atomic E-state index is -3.34. The summed E-state index contributed by atoms with van der Waals surface area (Å²) in [6.45, 7) is 5.63. The third-order valence-corrected chi connectivity index (χ3v) is 3.64. The van der Waals surface area contributed by atoms with Crippen LogP contribution in [0.1, 0.15) is 19.8 Å². The van der Waals surface area contributed by atoms with Gasteiger partial charge in [0, 0.05) is 20.0 Å². The number of rotatable bonds is 7. The molecule has 88 valence electrons. The van der Waals surface area contributed by atoms with E-state index in [2.05, 4.69) is 6.58 Å². The van der Waals surface area contributed by atoms with Crippen LogP contribution in [-0.4, -0.2) is 43.1 Å². The van der Waals surface area contributed by atoms with E-state index >= 15 is 0 Å². The van der Waals surface area contributed by atoms with Crippen molar-refractivity contribution in [3.63, 3.8) is 0 Å². The molecule has 0 radical (unpaired) electrons. The van der Waals surface area contributed by atoms with E-state index in [9.17, 15) is 13.2 Å². The number of sulfonamides is 1. The van der Waals surface area contributed by atoms with Crippen LogP contribution in [0.2, 0.25) is 0 Å². The van der Waals surface area contributed by atoms with Crippen LogP contribution in [0, 0.1) is 0 Å². The van der Waals surface area contributed by atoms with Gasteiger partial charge in [0.25, 0.3) is 0 Å². The third kappa shape index (κ3) is 6.24. The van der Waals surface area contributed by atoms with Gasteiger partial charge in [0.2, 0.25) is 10.0 Å². The van der Waals surface area contributed by atoms with Crippen molar-refractivity contribution in [1.29, 1.82) is 0 Å². The minimum Gasteiger partial charge on any atom is -0.481 e. The quantitative estimate of drug-likeness (QED) is 0.659. The van der Waals surface area contributed by atoms with Gasteiger partial charge in [0.15, 0.2) is 0 Å². The van der Waals surface area contributed by atoms with Crippen molar-refractivity contribution in [3.8, 4) is 0 Å². The monoisotopic (exact) mass is 235 g/mol. The van der Waals surface area contributed by atoms with Crippen molar-refractivity contribution < 1.29 is 18.3 Å². The first-order valence-electron chi connectivity index (χ1n) is 4.56. The van der Waals surface area contributed by atoms with Gasteiger partial charge in [-0.3, -0.25) is 4.79 Å². The van der Waals surface area contributed by atoms with Crippen LogP contribution in [0.3, 0.4) is 0 Å². The second-order valence-corrected chi connectivity index (χ2v) is 5.72. The van der Waals surface area contributed by atoms with Crippen LogP contribution in [0.25, 0.3) is 0 Å². The first-order chi connectivity index (χ1) is 6.75. The largest absolute Gasteiger partial charge is 0.481 e. The highest BCUT2D eigenvalue weighted by atomic mass is 32.2. The number of aliphatic carboxylic acids is 1. The average molecular weight is 235 g/mol. The summed E-state index contributed by atoms with van der Waals surface area (Å²) in [4.78, 5) is 10.2. The first-order valence-corrected chi connectivity index (χ1v) is 6.17. The highest BCUT2D eigenvalue weighted by Crippen LogP contribution is 2.04. The lowest BCUT2D eigenvalue weighted by atomic mass is 10.3. The number of hydrogen-bond acceptors (Lipinski definition) is 3. The summed E-state index contributed by atoms with van der Waals surface area (Å²) in [6, 6.07) is 0. The molecule has 0 aliphatic heterocycles. The van der Waals surface area contributed by atoms with E-state index in [0.717, 1.165) is 5.57 Å². The normalized spacial score (nSPS) is 11.7. The zero-order valence-electron chi connectivity index (χ0n) is 9.06. The van der Waals surface area contributed by atoms with Gasteiger partial charge < -0.3 is 5.11 Å². The molecule has 6 heteroatoms. The molecule has 5 nitrogen and oxygen atoms in total. The molecule has 0 aliphatic rings. The predicted octanol–water partition coefficient (Wildman–Crippen LogP) is 0.689. The number of nitrogens with zero attached hydrogens (tertiary/aromatic N) is 1. The summed E-state index contributed by atoms with van der Waals surface area (Å²) < 4.78 is 24.3. The number of hydrogen-bond donors (Lipinski definition) is 1. The van der Waals surface area contributed by atoms with E-state index in [4.69, 9.17) is 5.11 Å². The van der Waals surface area contributed by atoms with Gasteiger partial charge in [-0.25, -0.2) is 12.7 Å². The highest BCUT2D eigenvalue weighted by molar-refractivity contribution is 7.89. The summed E-state index contributed by atoms with van der Waals surface area (Å²) in [7, 11) is -1.88. The van der Waals surface area contributed by atoms with E-state index in [1.54, 1.807) is 6.92 Å². The molecule has 1 N–H and O–H groups in total. The maximum Gasteiger partial charge on any atom is 0.303 e. The molecular weight excluding hydrogens is 218 g/mol. The summed E-state index contributed by atoms with van der Waals surface area (Å²) in [5, 5.41) is 8.37. The third-order valence-electron chi connectivity index (χ3n) is 1.76. The maximum atomic E-state index is 11.5. The fraction of sp³-hybridized carbons (Fsp3) is 0.667. The van der Waals surface area contributed by atoms with Crippen LogP contribution in [0.4, 0.5) is 0 Å². The summed E-state index contributed by atoms with van der Waals surface area (Å²) in [5.74, 6) is -1.11. The van der Waals surface area contributed by atoms with Gasteiger partial charge in [-0.15, -0.1) is 0 Å². The van der Waals surface area contributed by atoms with Crippen molar-refractivity contribution in [2.24, 2.45) is 0 Å². The molecule has 0 aromatic carbocycles. The van der Waals surface area contributed by atoms with Gasteiger partial charge in [0.05, 0.1) is 5.75 Å². The molecule has 0 saturated heterocycles. The summed E-state index contributed by atoms with van der Waals surface area (Å²) >= 11 is 0. The Morgan fingerprint density at radius 1 is 1.47 bits per heavy atom. The lowest BCUT2D eigenvalue weighted by Crippen LogP contribution is -2.30. The van der Waals surface area contributed by atoms with Gasteiger partial charge >= 0.3 is 5.97 Å². The molecule has 15 heavy (non-hydrogen) atoms. The molecule has 0 bridgehead atoms. The van der Waals surface area contributed by atoms with Crippen LogP contribution in [-0.2, 0) is 14.8 Å². The molecular formula is C9H17NO4S. The van der Waals surface area contributed by atoms with E-state index in [1.165, 1.54) is 11.4 Å². The van der Waals surface area contributed by atoms with E-state index in [-0.39, 0.29) is 25.1 Å². The Balaban J connectivity index is 4.17. The van der Waals surface area contributed by atoms with Crippen molar-refractivity contribution in [2.75, 3.05) is 19.3 Å². The van der Waals surface area contributed by atoms with Crippen molar-refractivity contribution in [1.82, 2.24) is 4.31 Å². The highest BCUT2D eigenvalue weighted by Gasteiger charge is 2.17. The molecule has 0 saturated carbocycles. The Labute approximate surface area is 90.4 Å². The van der Waals surface area contributed by atoms with Gasteiger partial charge in [-0.1, -0.05) is 12.2 Å². The molecule has 0 fully saturated rings. The van der Waals surface area contributed by atoms with E-state index in [1.807, 2.05) is 0 Å². The van der Waals surface area contributed by atoms with Crippen LogP contribution in [0.15, 0.2) is 12.2 Å². The van der Waals surface area contributed by atoms with E-state index in [0.29, 0.717) is 0 Å². The topological polar surface area (TPSA) is 74.7 Å². The summed E-state index contributed by atoms with van der Waals surface area (Å²) in [6.07, 6.45) is 0.0122. The van der Waals surface area contributed by atoms with Crippen LogP contribution in [0.5, 0.6) is 0 Å². The SMILES string of the molecule is C=C(C)CN(C)S(=O)(=O)CCCC(=O)O. The molecule has 0 heterocycles. The average Bonchev–Trinajstić information content (AvgIpc) is 2.01. The van der Waals surface area contributed by atoms with E-state index < -0.39 is 16.0 Å². The molecule has 0 aliphatic carbocycles. The molecule has 0 aromatic rings. The lowest BCUT2D eigenvalue weighted by molar-refractivity contribution is -0.137. The number of carboxylic acids is 1. The zero-order valence-corrected chi connectivity index (χ0v) is 9.88. The number of carboxylic acid groups (broad SMARTS) is 1. The van der Waals surface area contributed by atoms with Crippen molar-refractivity contribution in [2.45, 2.75) is 19.8 Å². The molecule has 0 unspecified atom stereocenters. The molecule has 0 aromatic heterocycles. The Hall–Kier alpha value is -0.880. The Kier molecular flexibility index (Phi) is 5.53. The molecule has 0 spiro atoms. The summed E-state index contributed by atoms with van der Waals surface area (Å²) in [5.41, 5.74) is 0.749. The number of carbonyl (C=O) groups is 1.